The first-order valence-electron chi connectivity index (χ1n) is 9.14. The van der Waals surface area contributed by atoms with Crippen molar-refractivity contribution in [2.45, 2.75) is 13.0 Å². The first-order valence-corrected chi connectivity index (χ1v) is 10.7. The number of nitrogens with zero attached hydrogens (tertiary/aromatic N) is 3. The number of amidine groups is 1. The van der Waals surface area contributed by atoms with E-state index in [0.29, 0.717) is 11.4 Å². The minimum Gasteiger partial charge on any atom is -0.449 e. The van der Waals surface area contributed by atoms with Gasteiger partial charge in [0.15, 0.2) is 6.10 Å². The summed E-state index contributed by atoms with van der Waals surface area (Å²) >= 11 is 0. The van der Waals surface area contributed by atoms with Crippen molar-refractivity contribution in [3.05, 3.63) is 48.2 Å². The summed E-state index contributed by atoms with van der Waals surface area (Å²) in [5, 5.41) is 2.69. The third kappa shape index (κ3) is 3.83. The monoisotopic (exact) mass is 430 g/mol. The van der Waals surface area contributed by atoms with Crippen molar-refractivity contribution in [3.8, 4) is 0 Å². The van der Waals surface area contributed by atoms with Crippen LogP contribution in [0.1, 0.15) is 6.92 Å². The molecule has 156 valence electrons. The zero-order valence-electron chi connectivity index (χ0n) is 15.9. The van der Waals surface area contributed by atoms with Gasteiger partial charge < -0.3 is 15.0 Å². The van der Waals surface area contributed by atoms with Gasteiger partial charge in [-0.3, -0.25) is 14.5 Å². The Balaban J connectivity index is 1.47. The molecular weight excluding hydrogens is 412 g/mol. The number of carbonyl (C=O) groups is 3. The third-order valence-electron chi connectivity index (χ3n) is 4.73. The number of para-hydroxylation sites is 2. The van der Waals surface area contributed by atoms with Crippen LogP contribution in [0.25, 0.3) is 0 Å². The largest absolute Gasteiger partial charge is 0.449 e. The average molecular weight is 430 g/mol. The van der Waals surface area contributed by atoms with Crippen molar-refractivity contribution in [1.82, 2.24) is 4.90 Å². The fraction of sp³-hybridized carbons (Fsp3) is 0.263. The summed E-state index contributed by atoms with van der Waals surface area (Å²) in [7, 11) is -3.50. The molecule has 2 amide bonds. The average Bonchev–Trinajstić information content (AvgIpc) is 2.71. The van der Waals surface area contributed by atoms with Gasteiger partial charge in [0.05, 0.1) is 22.7 Å². The quantitative estimate of drug-likeness (QED) is 0.688. The Labute approximate surface area is 172 Å². The minimum atomic E-state index is -3.50. The maximum absolute atomic E-state index is 12.9. The molecule has 3 aliphatic heterocycles. The molecule has 0 radical (unpaired) electrons. The van der Waals surface area contributed by atoms with Crippen LogP contribution >= 0.6 is 0 Å². The molecule has 0 spiro atoms. The van der Waals surface area contributed by atoms with Crippen molar-refractivity contribution in [3.63, 3.8) is 0 Å². The van der Waals surface area contributed by atoms with Gasteiger partial charge in [0, 0.05) is 12.7 Å². The van der Waals surface area contributed by atoms with Crippen LogP contribution in [-0.2, 0) is 29.1 Å². The van der Waals surface area contributed by atoms with Crippen LogP contribution in [0.3, 0.4) is 0 Å². The highest BCUT2D eigenvalue weighted by Crippen LogP contribution is 2.29. The number of anilines is 2. The number of hydrogen-bond donors (Lipinski definition) is 1. The number of sulfonamides is 1. The molecule has 1 atom stereocenters. The Bertz CT molecular complexity index is 1140. The SMILES string of the molecule is CC(OC(=O)C1=CN2CCS(=O)(=O)N=C2C=C1)C(=O)N1CC(=O)Nc2ccccc21. The summed E-state index contributed by atoms with van der Waals surface area (Å²) in [5.74, 6) is -1.55. The van der Waals surface area contributed by atoms with Gasteiger partial charge in [0.1, 0.15) is 12.4 Å². The molecule has 3 aliphatic rings. The van der Waals surface area contributed by atoms with E-state index < -0.39 is 28.0 Å². The van der Waals surface area contributed by atoms with Crippen LogP contribution < -0.4 is 10.2 Å². The first kappa shape index (κ1) is 19.8. The van der Waals surface area contributed by atoms with Crippen LogP contribution in [0, 0.1) is 0 Å². The molecule has 3 heterocycles. The number of benzene rings is 1. The Morgan fingerprint density at radius 1 is 1.23 bits per heavy atom. The van der Waals surface area contributed by atoms with Crippen molar-refractivity contribution in [1.29, 1.82) is 0 Å². The Morgan fingerprint density at radius 3 is 2.80 bits per heavy atom. The van der Waals surface area contributed by atoms with E-state index >= 15 is 0 Å². The molecule has 10 nitrogen and oxygen atoms in total. The topological polar surface area (TPSA) is 125 Å². The van der Waals surface area contributed by atoms with Crippen LogP contribution in [0.4, 0.5) is 11.4 Å². The molecule has 1 aromatic carbocycles. The summed E-state index contributed by atoms with van der Waals surface area (Å²) in [6.45, 7) is 1.42. The molecule has 30 heavy (non-hydrogen) atoms. The van der Waals surface area contributed by atoms with Crippen LogP contribution in [0.5, 0.6) is 0 Å². The molecule has 11 heteroatoms. The number of ether oxygens (including phenoxy) is 1. The normalized spacial score (nSPS) is 20.2. The maximum Gasteiger partial charge on any atom is 0.340 e. The summed E-state index contributed by atoms with van der Waals surface area (Å²) in [4.78, 5) is 40.1. The smallest absolute Gasteiger partial charge is 0.340 e. The van der Waals surface area contributed by atoms with E-state index in [0.717, 1.165) is 0 Å². The van der Waals surface area contributed by atoms with E-state index in [1.54, 1.807) is 24.3 Å². The molecule has 0 saturated heterocycles. The highest BCUT2D eigenvalue weighted by atomic mass is 32.2. The van der Waals surface area contributed by atoms with Gasteiger partial charge >= 0.3 is 5.97 Å². The van der Waals surface area contributed by atoms with Crippen LogP contribution in [0.15, 0.2) is 52.6 Å². The Morgan fingerprint density at radius 2 is 2.00 bits per heavy atom. The summed E-state index contributed by atoms with van der Waals surface area (Å²) in [5.41, 5.74) is 1.19. The van der Waals surface area contributed by atoms with E-state index in [1.165, 1.54) is 35.1 Å². The number of carbonyl (C=O) groups excluding carboxylic acids is 3. The lowest BCUT2D eigenvalue weighted by Gasteiger charge is -2.31. The molecule has 0 bridgehead atoms. The van der Waals surface area contributed by atoms with E-state index in [4.69, 9.17) is 4.74 Å². The predicted octanol–water partition coefficient (Wildman–Crippen LogP) is 0.401. The van der Waals surface area contributed by atoms with Crippen molar-refractivity contribution >= 4 is 45.0 Å². The standard InChI is InChI=1S/C19H18N4O6S/c1-12(18(25)23-11-17(24)20-14-4-2-3-5-15(14)23)29-19(26)13-6-7-16-21-30(27,28)9-8-22(16)10-13/h2-7,10,12H,8-9,11H2,1H3,(H,20,24). The van der Waals surface area contributed by atoms with Crippen molar-refractivity contribution in [2.75, 3.05) is 29.1 Å². The van der Waals surface area contributed by atoms with Gasteiger partial charge in [-0.2, -0.15) is 0 Å². The van der Waals surface area contributed by atoms with Gasteiger partial charge in [-0.1, -0.05) is 12.1 Å². The second kappa shape index (κ2) is 7.41. The first-order chi connectivity index (χ1) is 14.2. The maximum atomic E-state index is 12.9. The molecule has 4 rings (SSSR count). The highest BCUT2D eigenvalue weighted by Gasteiger charge is 2.32. The van der Waals surface area contributed by atoms with Gasteiger partial charge in [-0.25, -0.2) is 13.2 Å². The summed E-state index contributed by atoms with van der Waals surface area (Å²) in [6.07, 6.45) is 3.10. The van der Waals surface area contributed by atoms with Gasteiger partial charge in [0.25, 0.3) is 15.9 Å². The second-order valence-corrected chi connectivity index (χ2v) is 8.64. The lowest BCUT2D eigenvalue weighted by atomic mass is 10.1. The molecule has 0 aromatic heterocycles. The van der Waals surface area contributed by atoms with E-state index in [9.17, 15) is 22.8 Å². The van der Waals surface area contributed by atoms with E-state index in [-0.39, 0.29) is 36.2 Å². The zero-order valence-corrected chi connectivity index (χ0v) is 16.8. The Hall–Kier alpha value is -3.47. The lowest BCUT2D eigenvalue weighted by molar-refractivity contribution is -0.149. The minimum absolute atomic E-state index is 0.157. The van der Waals surface area contributed by atoms with Gasteiger partial charge in [-0.05, 0) is 31.2 Å². The third-order valence-corrected chi connectivity index (χ3v) is 5.89. The van der Waals surface area contributed by atoms with Crippen molar-refractivity contribution in [2.24, 2.45) is 4.40 Å². The number of hydrogen-bond acceptors (Lipinski definition) is 7. The fourth-order valence-corrected chi connectivity index (χ4v) is 4.22. The van der Waals surface area contributed by atoms with Gasteiger partial charge in [0.2, 0.25) is 5.91 Å². The molecule has 1 aromatic rings. The molecule has 1 N–H and O–H groups in total. The van der Waals surface area contributed by atoms with E-state index in [2.05, 4.69) is 9.71 Å². The number of amides is 2. The molecule has 0 saturated carbocycles. The van der Waals surface area contributed by atoms with E-state index in [1.807, 2.05) is 0 Å². The number of fused-ring (bicyclic) bond motifs is 2. The highest BCUT2D eigenvalue weighted by molar-refractivity contribution is 7.90. The molecule has 0 fully saturated rings. The van der Waals surface area contributed by atoms with Crippen LogP contribution in [-0.4, -0.2) is 61.9 Å². The molecular formula is C19H18N4O6S. The van der Waals surface area contributed by atoms with Crippen LogP contribution in [0.2, 0.25) is 0 Å². The molecule has 1 unspecified atom stereocenters. The fourth-order valence-electron chi connectivity index (χ4n) is 3.25. The predicted molar refractivity (Wildman–Crippen MR) is 108 cm³/mol. The molecule has 0 aliphatic carbocycles. The Kier molecular flexibility index (Phi) is 4.90. The zero-order chi connectivity index (χ0) is 21.5. The lowest BCUT2D eigenvalue weighted by Crippen LogP contribution is -2.47. The van der Waals surface area contributed by atoms with Gasteiger partial charge in [-0.15, -0.1) is 4.40 Å². The number of nitrogens with one attached hydrogen (secondary N) is 1. The number of esters is 1. The summed E-state index contributed by atoms with van der Waals surface area (Å²) < 4.78 is 32.1. The summed E-state index contributed by atoms with van der Waals surface area (Å²) in [6, 6.07) is 6.85. The second-order valence-electron chi connectivity index (χ2n) is 6.88. The van der Waals surface area contributed by atoms with Crippen molar-refractivity contribution < 1.29 is 27.5 Å². The number of rotatable bonds is 3.